The van der Waals surface area contributed by atoms with E-state index in [9.17, 15) is 14.4 Å². The Kier molecular flexibility index (Phi) is 6.02. The van der Waals surface area contributed by atoms with E-state index in [2.05, 4.69) is 30.9 Å². The lowest BCUT2D eigenvalue weighted by Gasteiger charge is -2.18. The summed E-state index contributed by atoms with van der Waals surface area (Å²) in [6, 6.07) is 12.3. The Bertz CT molecular complexity index is 1450. The third-order valence-electron chi connectivity index (χ3n) is 5.36. The lowest BCUT2D eigenvalue weighted by Crippen LogP contribution is -2.26. The SMILES string of the molecule is O=C1COc2ccc(CNC(=O)c3ncnc4c(NC(=O)Cc5ccc(Cl)cc5)c[nH]c34)cc2N1. The van der Waals surface area contributed by atoms with Crippen LogP contribution in [0.4, 0.5) is 11.4 Å². The molecule has 10 nitrogen and oxygen atoms in total. The number of carbonyl (C=O) groups is 3. The number of nitrogens with zero attached hydrogens (tertiary/aromatic N) is 2. The summed E-state index contributed by atoms with van der Waals surface area (Å²) in [7, 11) is 0. The molecule has 0 radical (unpaired) electrons. The van der Waals surface area contributed by atoms with Gasteiger partial charge in [-0.15, -0.1) is 0 Å². The Morgan fingerprint density at radius 1 is 1.09 bits per heavy atom. The highest BCUT2D eigenvalue weighted by Crippen LogP contribution is 2.28. The Hall–Kier alpha value is -4.44. The molecule has 3 amide bonds. The minimum Gasteiger partial charge on any atom is -0.482 e. The van der Waals surface area contributed by atoms with Crippen molar-refractivity contribution in [1.29, 1.82) is 0 Å². The minimum absolute atomic E-state index is 0.0213. The van der Waals surface area contributed by atoms with Crippen LogP contribution in [0.25, 0.3) is 11.0 Å². The number of H-pyrrole nitrogens is 1. The summed E-state index contributed by atoms with van der Waals surface area (Å²) < 4.78 is 5.35. The van der Waals surface area contributed by atoms with Crippen molar-refractivity contribution in [3.63, 3.8) is 0 Å². The van der Waals surface area contributed by atoms with Gasteiger partial charge in [0.05, 0.1) is 23.3 Å². The van der Waals surface area contributed by atoms with Gasteiger partial charge >= 0.3 is 0 Å². The van der Waals surface area contributed by atoms with Gasteiger partial charge in [-0.1, -0.05) is 29.8 Å². The second-order valence-electron chi connectivity index (χ2n) is 7.85. The van der Waals surface area contributed by atoms with E-state index in [-0.39, 0.29) is 37.1 Å². The molecule has 176 valence electrons. The summed E-state index contributed by atoms with van der Waals surface area (Å²) in [6.45, 7) is 0.186. The van der Waals surface area contributed by atoms with Gasteiger partial charge in [0, 0.05) is 17.8 Å². The van der Waals surface area contributed by atoms with E-state index in [1.807, 2.05) is 0 Å². The molecule has 4 N–H and O–H groups in total. The molecule has 0 saturated heterocycles. The number of ether oxygens (including phenoxy) is 1. The molecular weight excluding hydrogens is 472 g/mol. The third kappa shape index (κ3) is 4.92. The van der Waals surface area contributed by atoms with Crippen LogP contribution in [0.3, 0.4) is 0 Å². The van der Waals surface area contributed by atoms with Crippen LogP contribution >= 0.6 is 11.6 Å². The molecule has 1 aliphatic rings. The molecule has 0 unspecified atom stereocenters. The summed E-state index contributed by atoms with van der Waals surface area (Å²) >= 11 is 5.89. The Labute approximate surface area is 204 Å². The zero-order chi connectivity index (χ0) is 24.4. The van der Waals surface area contributed by atoms with Crippen LogP contribution in [0.5, 0.6) is 5.75 Å². The number of anilines is 2. The van der Waals surface area contributed by atoms with Gasteiger partial charge < -0.3 is 25.7 Å². The van der Waals surface area contributed by atoms with Crippen LogP contribution < -0.4 is 20.7 Å². The number of hydrogen-bond donors (Lipinski definition) is 4. The second-order valence-corrected chi connectivity index (χ2v) is 8.29. The number of hydrogen-bond acceptors (Lipinski definition) is 6. The van der Waals surface area contributed by atoms with E-state index in [0.29, 0.717) is 33.2 Å². The number of carbonyl (C=O) groups excluding carboxylic acids is 3. The zero-order valence-corrected chi connectivity index (χ0v) is 19.0. The first-order chi connectivity index (χ1) is 17.0. The van der Waals surface area contributed by atoms with E-state index < -0.39 is 5.91 Å². The maximum absolute atomic E-state index is 12.9. The molecule has 1 aliphatic heterocycles. The summed E-state index contributed by atoms with van der Waals surface area (Å²) in [5.41, 5.74) is 3.55. The maximum atomic E-state index is 12.9. The van der Waals surface area contributed by atoms with Gasteiger partial charge in [-0.2, -0.15) is 0 Å². The fourth-order valence-corrected chi connectivity index (χ4v) is 3.82. The number of nitrogens with one attached hydrogen (secondary N) is 4. The third-order valence-corrected chi connectivity index (χ3v) is 5.61. The van der Waals surface area contributed by atoms with Crippen molar-refractivity contribution in [3.8, 4) is 5.75 Å². The van der Waals surface area contributed by atoms with Crippen molar-refractivity contribution < 1.29 is 19.1 Å². The summed E-state index contributed by atoms with van der Waals surface area (Å²) in [4.78, 5) is 48.2. The Balaban J connectivity index is 1.27. The highest BCUT2D eigenvalue weighted by atomic mass is 35.5. The number of aromatic nitrogens is 3. The second kappa shape index (κ2) is 9.43. The molecule has 35 heavy (non-hydrogen) atoms. The first-order valence-electron chi connectivity index (χ1n) is 10.7. The van der Waals surface area contributed by atoms with Crippen LogP contribution in [0.2, 0.25) is 5.02 Å². The molecule has 2 aromatic carbocycles. The number of benzene rings is 2. The van der Waals surface area contributed by atoms with E-state index in [1.54, 1.807) is 48.7 Å². The van der Waals surface area contributed by atoms with Crippen LogP contribution in [-0.4, -0.2) is 39.3 Å². The lowest BCUT2D eigenvalue weighted by atomic mass is 10.1. The van der Waals surface area contributed by atoms with Gasteiger partial charge in [0.2, 0.25) is 5.91 Å². The average Bonchev–Trinajstić information content (AvgIpc) is 3.26. The largest absolute Gasteiger partial charge is 0.482 e. The Morgan fingerprint density at radius 2 is 1.89 bits per heavy atom. The predicted octanol–water partition coefficient (Wildman–Crippen LogP) is 3.05. The fraction of sp³-hybridized carbons (Fsp3) is 0.125. The molecule has 3 heterocycles. The van der Waals surface area contributed by atoms with Crippen LogP contribution in [0, 0.1) is 0 Å². The van der Waals surface area contributed by atoms with Gasteiger partial charge in [-0.05, 0) is 35.4 Å². The van der Waals surface area contributed by atoms with Crippen LogP contribution in [-0.2, 0) is 22.6 Å². The van der Waals surface area contributed by atoms with Gasteiger partial charge in [-0.25, -0.2) is 9.97 Å². The molecule has 0 bridgehead atoms. The fourth-order valence-electron chi connectivity index (χ4n) is 3.70. The number of rotatable bonds is 6. The molecule has 0 atom stereocenters. The highest BCUT2D eigenvalue weighted by Gasteiger charge is 2.19. The normalized spacial score (nSPS) is 12.4. The number of amides is 3. The monoisotopic (exact) mass is 490 g/mol. The topological polar surface area (TPSA) is 138 Å². The molecular formula is C24H19ClN6O4. The van der Waals surface area contributed by atoms with Gasteiger partial charge in [-0.3, -0.25) is 14.4 Å². The summed E-state index contributed by atoms with van der Waals surface area (Å²) in [6.07, 6.45) is 3.00. The van der Waals surface area contributed by atoms with Crippen LogP contribution in [0.15, 0.2) is 55.0 Å². The minimum atomic E-state index is -0.420. The van der Waals surface area contributed by atoms with E-state index >= 15 is 0 Å². The van der Waals surface area contributed by atoms with Crippen molar-refractivity contribution in [3.05, 3.63) is 76.8 Å². The number of aromatic amines is 1. The van der Waals surface area contributed by atoms with Gasteiger partial charge in [0.25, 0.3) is 11.8 Å². The van der Waals surface area contributed by atoms with Crippen LogP contribution in [0.1, 0.15) is 21.6 Å². The van der Waals surface area contributed by atoms with Crippen molar-refractivity contribution in [2.24, 2.45) is 0 Å². The quantitative estimate of drug-likeness (QED) is 0.328. The summed E-state index contributed by atoms with van der Waals surface area (Å²) in [5.74, 6) is -0.309. The van der Waals surface area contributed by atoms with Crippen molar-refractivity contribution in [2.75, 3.05) is 17.2 Å². The molecule has 11 heteroatoms. The molecule has 0 aliphatic carbocycles. The highest BCUT2D eigenvalue weighted by molar-refractivity contribution is 6.30. The molecule has 2 aromatic heterocycles. The molecule has 5 rings (SSSR count). The number of halogens is 1. The maximum Gasteiger partial charge on any atom is 0.272 e. The summed E-state index contributed by atoms with van der Waals surface area (Å²) in [5, 5.41) is 8.96. The zero-order valence-electron chi connectivity index (χ0n) is 18.2. The first kappa shape index (κ1) is 22.4. The van der Waals surface area contributed by atoms with Gasteiger partial charge in [0.1, 0.15) is 17.6 Å². The Morgan fingerprint density at radius 3 is 2.71 bits per heavy atom. The number of fused-ring (bicyclic) bond motifs is 2. The predicted molar refractivity (Wildman–Crippen MR) is 129 cm³/mol. The molecule has 0 saturated carbocycles. The molecule has 0 fully saturated rings. The first-order valence-corrected chi connectivity index (χ1v) is 11.0. The van der Waals surface area contributed by atoms with Crippen molar-refractivity contribution in [2.45, 2.75) is 13.0 Å². The molecule has 4 aromatic rings. The smallest absolute Gasteiger partial charge is 0.272 e. The van der Waals surface area contributed by atoms with Crippen molar-refractivity contribution >= 4 is 51.7 Å². The van der Waals surface area contributed by atoms with E-state index in [0.717, 1.165) is 11.1 Å². The van der Waals surface area contributed by atoms with Gasteiger partial charge in [0.15, 0.2) is 12.3 Å². The molecule has 0 spiro atoms. The van der Waals surface area contributed by atoms with E-state index in [4.69, 9.17) is 16.3 Å². The van der Waals surface area contributed by atoms with E-state index in [1.165, 1.54) is 6.33 Å². The van der Waals surface area contributed by atoms with Crippen molar-refractivity contribution in [1.82, 2.24) is 20.3 Å². The lowest BCUT2D eigenvalue weighted by molar-refractivity contribution is -0.118. The standard InChI is InChI=1S/C24H19ClN6O4/c25-15-4-1-13(2-5-15)8-19(32)31-17-10-26-22-21(17)28-12-29-23(22)24(34)27-9-14-3-6-18-16(7-14)30-20(33)11-35-18/h1-7,10,12,26H,8-9,11H2,(H,27,34)(H,30,33)(H,31,32). The average molecular weight is 491 g/mol.